The summed E-state index contributed by atoms with van der Waals surface area (Å²) in [4.78, 5) is 12.9. The average molecular weight is 343 g/mol. The molecular weight excluding hydrogens is 314 g/mol. The largest absolute Gasteiger partial charge is 0.495 e. The maximum absolute atomic E-state index is 12.9. The van der Waals surface area contributed by atoms with E-state index in [2.05, 4.69) is 18.3 Å². The lowest BCUT2D eigenvalue weighted by Gasteiger charge is -2.50. The zero-order chi connectivity index (χ0) is 17.8. The minimum atomic E-state index is 0.228. The molecule has 0 aromatic heterocycles. The van der Waals surface area contributed by atoms with E-state index in [1.807, 2.05) is 20.2 Å². The van der Waals surface area contributed by atoms with Crippen molar-refractivity contribution in [2.75, 3.05) is 26.6 Å². The van der Waals surface area contributed by atoms with Crippen molar-refractivity contribution >= 4 is 11.5 Å². The Bertz CT molecular complexity index is 701. The normalized spacial score (nSPS) is 36.4. The maximum Gasteiger partial charge on any atom is 0.163 e. The number of carbonyl (C=O) groups is 1. The number of hydrogen-bond acceptors (Lipinski definition) is 4. The molecule has 0 amide bonds. The smallest absolute Gasteiger partial charge is 0.163 e. The molecular formula is C21H29NO3. The molecule has 1 aromatic rings. The van der Waals surface area contributed by atoms with Gasteiger partial charge in [0.1, 0.15) is 5.75 Å². The van der Waals surface area contributed by atoms with E-state index in [1.165, 1.54) is 18.4 Å². The van der Waals surface area contributed by atoms with Crippen LogP contribution in [0.3, 0.4) is 0 Å². The SMILES string of the molecule is CNc1cc2c(cc1OC)C(=O)C[C@@H]1[C@@H]2CC[C@]2(C)[C@@H](OC)CC[C@@H]12. The molecule has 25 heavy (non-hydrogen) atoms. The molecule has 3 aliphatic carbocycles. The third kappa shape index (κ3) is 2.33. The van der Waals surface area contributed by atoms with E-state index in [1.54, 1.807) is 7.11 Å². The predicted octanol–water partition coefficient (Wildman–Crippen LogP) is 4.25. The van der Waals surface area contributed by atoms with Gasteiger partial charge in [0, 0.05) is 26.1 Å². The van der Waals surface area contributed by atoms with Gasteiger partial charge in [-0.15, -0.1) is 0 Å². The second-order valence-corrected chi connectivity index (χ2v) is 8.24. The highest BCUT2D eigenvalue weighted by Crippen LogP contribution is 2.61. The quantitative estimate of drug-likeness (QED) is 0.891. The number of rotatable bonds is 3. The zero-order valence-corrected chi connectivity index (χ0v) is 15.7. The Morgan fingerprint density at radius 1 is 1.20 bits per heavy atom. The highest BCUT2D eigenvalue weighted by Gasteiger charge is 2.56. The van der Waals surface area contributed by atoms with Crippen molar-refractivity contribution in [1.29, 1.82) is 0 Å². The van der Waals surface area contributed by atoms with Crippen LogP contribution in [0, 0.1) is 17.3 Å². The first-order valence-electron chi connectivity index (χ1n) is 9.49. The van der Waals surface area contributed by atoms with Gasteiger partial charge < -0.3 is 14.8 Å². The van der Waals surface area contributed by atoms with Gasteiger partial charge in [0.15, 0.2) is 5.78 Å². The van der Waals surface area contributed by atoms with Crippen LogP contribution in [-0.4, -0.2) is 33.2 Å². The summed E-state index contributed by atoms with van der Waals surface area (Å²) in [5.41, 5.74) is 3.31. The van der Waals surface area contributed by atoms with Gasteiger partial charge in [-0.05, 0) is 66.5 Å². The Balaban J connectivity index is 1.75. The first kappa shape index (κ1) is 16.9. The summed E-state index contributed by atoms with van der Waals surface area (Å²) in [6.07, 6.45) is 5.68. The number of methoxy groups -OCH3 is 2. The number of anilines is 1. The molecule has 0 unspecified atom stereocenters. The standard InChI is InChI=1S/C21H29NO3/c1-21-8-7-12-13-9-17(22-2)19(24-3)11-15(13)18(23)10-14(12)16(21)5-6-20(21)25-4/h9,11-12,14,16,20,22H,5-8,10H2,1-4H3/t12-,14-,16+,20+,21+/m1/s1. The van der Waals surface area contributed by atoms with Crippen LogP contribution in [0.4, 0.5) is 5.69 Å². The summed E-state index contributed by atoms with van der Waals surface area (Å²) in [7, 11) is 5.41. The van der Waals surface area contributed by atoms with E-state index < -0.39 is 0 Å². The second-order valence-electron chi connectivity index (χ2n) is 8.24. The summed E-state index contributed by atoms with van der Waals surface area (Å²) in [6.45, 7) is 2.39. The van der Waals surface area contributed by atoms with Crippen LogP contribution >= 0.6 is 0 Å². The van der Waals surface area contributed by atoms with Crippen molar-refractivity contribution in [3.8, 4) is 5.75 Å². The molecule has 0 spiro atoms. The molecule has 0 radical (unpaired) electrons. The van der Waals surface area contributed by atoms with Crippen molar-refractivity contribution in [3.05, 3.63) is 23.3 Å². The lowest BCUT2D eigenvalue weighted by Crippen LogP contribution is -2.45. The molecule has 2 fully saturated rings. The molecule has 4 heteroatoms. The van der Waals surface area contributed by atoms with Gasteiger partial charge in [-0.3, -0.25) is 4.79 Å². The van der Waals surface area contributed by atoms with Crippen LogP contribution < -0.4 is 10.1 Å². The molecule has 5 atom stereocenters. The van der Waals surface area contributed by atoms with Gasteiger partial charge in [0.05, 0.1) is 18.9 Å². The van der Waals surface area contributed by atoms with Crippen LogP contribution in [0.5, 0.6) is 5.75 Å². The molecule has 1 aromatic carbocycles. The average Bonchev–Trinajstić information content (AvgIpc) is 2.97. The second kappa shape index (κ2) is 6.01. The fraction of sp³-hybridized carbons (Fsp3) is 0.667. The Hall–Kier alpha value is -1.55. The molecule has 0 heterocycles. The molecule has 136 valence electrons. The van der Waals surface area contributed by atoms with Crippen molar-refractivity contribution in [2.24, 2.45) is 17.3 Å². The predicted molar refractivity (Wildman–Crippen MR) is 98.6 cm³/mol. The Morgan fingerprint density at radius 3 is 2.68 bits per heavy atom. The third-order valence-corrected chi connectivity index (χ3v) is 7.40. The molecule has 3 aliphatic rings. The van der Waals surface area contributed by atoms with Gasteiger partial charge in [0.25, 0.3) is 0 Å². The van der Waals surface area contributed by atoms with Gasteiger partial charge in [-0.25, -0.2) is 0 Å². The summed E-state index contributed by atoms with van der Waals surface area (Å²) in [5.74, 6) is 2.57. The molecule has 0 aliphatic heterocycles. The van der Waals surface area contributed by atoms with E-state index in [9.17, 15) is 4.79 Å². The van der Waals surface area contributed by atoms with E-state index in [-0.39, 0.29) is 11.2 Å². The van der Waals surface area contributed by atoms with Crippen LogP contribution in [0.25, 0.3) is 0 Å². The number of ketones is 1. The van der Waals surface area contributed by atoms with Crippen molar-refractivity contribution in [2.45, 2.75) is 51.0 Å². The summed E-state index contributed by atoms with van der Waals surface area (Å²) >= 11 is 0. The monoisotopic (exact) mass is 343 g/mol. The van der Waals surface area contributed by atoms with Crippen molar-refractivity contribution in [3.63, 3.8) is 0 Å². The van der Waals surface area contributed by atoms with Gasteiger partial charge >= 0.3 is 0 Å². The molecule has 2 saturated carbocycles. The van der Waals surface area contributed by atoms with Crippen LogP contribution in [0.1, 0.15) is 60.9 Å². The molecule has 4 nitrogen and oxygen atoms in total. The van der Waals surface area contributed by atoms with Crippen molar-refractivity contribution in [1.82, 2.24) is 0 Å². The van der Waals surface area contributed by atoms with E-state index in [0.717, 1.165) is 29.8 Å². The number of nitrogens with one attached hydrogen (secondary N) is 1. The third-order valence-electron chi connectivity index (χ3n) is 7.40. The minimum Gasteiger partial charge on any atom is -0.495 e. The minimum absolute atomic E-state index is 0.228. The molecule has 0 saturated heterocycles. The van der Waals surface area contributed by atoms with Gasteiger partial charge in [-0.1, -0.05) is 6.92 Å². The number of carbonyl (C=O) groups excluding carboxylic acids is 1. The van der Waals surface area contributed by atoms with E-state index in [0.29, 0.717) is 30.3 Å². The zero-order valence-electron chi connectivity index (χ0n) is 15.7. The van der Waals surface area contributed by atoms with Gasteiger partial charge in [-0.2, -0.15) is 0 Å². The summed E-state index contributed by atoms with van der Waals surface area (Å²) in [6, 6.07) is 4.11. The van der Waals surface area contributed by atoms with Crippen LogP contribution in [-0.2, 0) is 4.74 Å². The van der Waals surface area contributed by atoms with Crippen molar-refractivity contribution < 1.29 is 14.3 Å². The van der Waals surface area contributed by atoms with Crippen LogP contribution in [0.15, 0.2) is 12.1 Å². The summed E-state index contributed by atoms with van der Waals surface area (Å²) < 4.78 is 11.3. The van der Waals surface area contributed by atoms with E-state index in [4.69, 9.17) is 9.47 Å². The fourth-order valence-corrected chi connectivity index (χ4v) is 6.13. The number of Topliss-reactive ketones (excluding diaryl/α,β-unsaturated/α-hetero) is 1. The molecule has 4 rings (SSSR count). The Kier molecular flexibility index (Phi) is 4.06. The lowest BCUT2D eigenvalue weighted by atomic mass is 9.55. The highest BCUT2D eigenvalue weighted by atomic mass is 16.5. The number of fused-ring (bicyclic) bond motifs is 5. The fourth-order valence-electron chi connectivity index (χ4n) is 6.13. The first-order chi connectivity index (χ1) is 12.0. The Labute approximate surface area is 150 Å². The Morgan fingerprint density at radius 2 is 2.00 bits per heavy atom. The first-order valence-corrected chi connectivity index (χ1v) is 9.49. The number of hydrogen-bond donors (Lipinski definition) is 1. The lowest BCUT2D eigenvalue weighted by molar-refractivity contribution is -0.0426. The van der Waals surface area contributed by atoms with Crippen LogP contribution in [0.2, 0.25) is 0 Å². The maximum atomic E-state index is 12.9. The van der Waals surface area contributed by atoms with Gasteiger partial charge in [0.2, 0.25) is 0 Å². The van der Waals surface area contributed by atoms with E-state index >= 15 is 0 Å². The molecule has 0 bridgehead atoms. The summed E-state index contributed by atoms with van der Waals surface area (Å²) in [5, 5.41) is 3.22. The molecule has 1 N–H and O–H groups in total. The highest BCUT2D eigenvalue weighted by molar-refractivity contribution is 6.00. The topological polar surface area (TPSA) is 47.6 Å². The number of ether oxygens (including phenoxy) is 2. The number of benzene rings is 1.